The summed E-state index contributed by atoms with van der Waals surface area (Å²) in [6.07, 6.45) is 7.34. The van der Waals surface area contributed by atoms with Gasteiger partial charge in [0, 0.05) is 5.56 Å². The summed E-state index contributed by atoms with van der Waals surface area (Å²) in [4.78, 5) is 5.68. The first kappa shape index (κ1) is 17.4. The molecule has 0 saturated heterocycles. The Hall–Kier alpha value is -2.47. The summed E-state index contributed by atoms with van der Waals surface area (Å²) < 4.78 is 0. The van der Waals surface area contributed by atoms with Crippen LogP contribution in [0.25, 0.3) is 16.1 Å². The maximum absolute atomic E-state index is 5.33. The molecule has 4 N–H and O–H groups in total. The molecule has 1 aromatic heterocycles. The summed E-state index contributed by atoms with van der Waals surface area (Å²) in [5, 5.41) is 8.76. The van der Waals surface area contributed by atoms with Crippen LogP contribution in [0.4, 0.5) is 0 Å². The lowest BCUT2D eigenvalue weighted by atomic mass is 9.93. The number of nitrogens with zero attached hydrogens (tertiary/aromatic N) is 3. The second-order valence-corrected chi connectivity index (χ2v) is 7.20. The monoisotopic (exact) mass is 353 g/mol. The van der Waals surface area contributed by atoms with Crippen molar-refractivity contribution in [3.8, 4) is 10.6 Å². The number of hydrogen-bond donors (Lipinski definition) is 2. The van der Waals surface area contributed by atoms with E-state index in [4.69, 9.17) is 11.5 Å². The fourth-order valence-electron chi connectivity index (χ4n) is 2.96. The molecule has 1 aliphatic carbocycles. The van der Waals surface area contributed by atoms with Gasteiger partial charge in [0.15, 0.2) is 0 Å². The smallest absolute Gasteiger partial charge is 0.211 e. The third-order valence-corrected chi connectivity index (χ3v) is 5.55. The van der Waals surface area contributed by atoms with Crippen LogP contribution in [0.2, 0.25) is 0 Å². The number of guanidine groups is 1. The van der Waals surface area contributed by atoms with Crippen molar-refractivity contribution in [2.75, 3.05) is 0 Å². The predicted octanol–water partition coefficient (Wildman–Crippen LogP) is 4.07. The van der Waals surface area contributed by atoms with Gasteiger partial charge in [-0.15, -0.1) is 16.4 Å². The van der Waals surface area contributed by atoms with Gasteiger partial charge < -0.3 is 11.5 Å². The lowest BCUT2D eigenvalue weighted by molar-refractivity contribution is 0.742. The van der Waals surface area contributed by atoms with E-state index in [0.717, 1.165) is 26.9 Å². The zero-order valence-electron chi connectivity index (χ0n) is 14.6. The Balaban J connectivity index is 1.85. The highest BCUT2D eigenvalue weighted by atomic mass is 32.1. The minimum absolute atomic E-state index is 0.0469. The van der Waals surface area contributed by atoms with E-state index in [-0.39, 0.29) is 5.96 Å². The molecule has 0 saturated carbocycles. The largest absolute Gasteiger partial charge is 0.369 e. The highest BCUT2D eigenvalue weighted by molar-refractivity contribution is 7.17. The molecule has 0 unspecified atom stereocenters. The van der Waals surface area contributed by atoms with Crippen LogP contribution in [0, 0.1) is 6.92 Å². The number of nitrogens with two attached hydrogens (primary N) is 2. The SMILES string of the molecule is C/C(=N\N=C(N)N)c1sc(-c2ccc(C3=CCCCC3)cc2)nc1C. The minimum Gasteiger partial charge on any atom is -0.369 e. The molecule has 1 aliphatic rings. The van der Waals surface area contributed by atoms with E-state index in [1.54, 1.807) is 11.3 Å². The molecule has 5 nitrogen and oxygen atoms in total. The lowest BCUT2D eigenvalue weighted by Crippen LogP contribution is -2.22. The van der Waals surface area contributed by atoms with Crippen LogP contribution in [0.15, 0.2) is 40.5 Å². The Morgan fingerprint density at radius 3 is 2.44 bits per heavy atom. The normalized spacial score (nSPS) is 15.0. The predicted molar refractivity (Wildman–Crippen MR) is 107 cm³/mol. The fraction of sp³-hybridized carbons (Fsp3) is 0.316. The minimum atomic E-state index is -0.0469. The van der Waals surface area contributed by atoms with Gasteiger partial charge in [0.1, 0.15) is 5.01 Å². The van der Waals surface area contributed by atoms with Crippen molar-refractivity contribution in [2.45, 2.75) is 39.5 Å². The zero-order valence-corrected chi connectivity index (χ0v) is 15.4. The fourth-order valence-corrected chi connectivity index (χ4v) is 3.97. The molecule has 6 heteroatoms. The van der Waals surface area contributed by atoms with Gasteiger partial charge >= 0.3 is 0 Å². The van der Waals surface area contributed by atoms with Gasteiger partial charge in [-0.25, -0.2) is 4.98 Å². The second kappa shape index (κ2) is 7.61. The van der Waals surface area contributed by atoms with Crippen molar-refractivity contribution >= 4 is 28.6 Å². The molecule has 130 valence electrons. The quantitative estimate of drug-likeness (QED) is 0.493. The third kappa shape index (κ3) is 4.14. The van der Waals surface area contributed by atoms with Crippen LogP contribution in [0.1, 0.15) is 48.7 Å². The van der Waals surface area contributed by atoms with Gasteiger partial charge in [-0.05, 0) is 50.7 Å². The first-order valence-electron chi connectivity index (χ1n) is 8.45. The summed E-state index contributed by atoms with van der Waals surface area (Å²) in [7, 11) is 0. The molecule has 0 aliphatic heterocycles. The molecule has 1 aromatic carbocycles. The molecule has 0 radical (unpaired) electrons. The lowest BCUT2D eigenvalue weighted by Gasteiger charge is -2.12. The maximum atomic E-state index is 5.33. The topological polar surface area (TPSA) is 89.6 Å². The van der Waals surface area contributed by atoms with Crippen molar-refractivity contribution in [3.05, 3.63) is 46.5 Å². The van der Waals surface area contributed by atoms with Gasteiger partial charge in [0.25, 0.3) is 0 Å². The molecule has 0 spiro atoms. The highest BCUT2D eigenvalue weighted by Gasteiger charge is 2.13. The van der Waals surface area contributed by atoms with Gasteiger partial charge in [-0.3, -0.25) is 0 Å². The molecule has 1 heterocycles. The maximum Gasteiger partial charge on any atom is 0.211 e. The van der Waals surface area contributed by atoms with E-state index >= 15 is 0 Å². The standard InChI is InChI=1S/C19H23N5S/c1-12-17(13(2)23-24-19(20)21)25-18(22-12)16-10-8-15(9-11-16)14-6-4-3-5-7-14/h6,8-11H,3-5,7H2,1-2H3,(H4,20,21,24)/b23-13+. The Morgan fingerprint density at radius 2 is 1.80 bits per heavy atom. The van der Waals surface area contributed by atoms with Crippen molar-refractivity contribution in [3.63, 3.8) is 0 Å². The van der Waals surface area contributed by atoms with E-state index in [2.05, 4.69) is 45.5 Å². The molecular formula is C19H23N5S. The molecule has 0 fully saturated rings. The number of aryl methyl sites for hydroxylation is 1. The number of rotatable bonds is 4. The van der Waals surface area contributed by atoms with Crippen molar-refractivity contribution < 1.29 is 0 Å². The first-order chi connectivity index (χ1) is 12.0. The molecule has 0 bridgehead atoms. The summed E-state index contributed by atoms with van der Waals surface area (Å²) in [5.74, 6) is -0.0469. The van der Waals surface area contributed by atoms with Crippen LogP contribution < -0.4 is 11.5 Å². The highest BCUT2D eigenvalue weighted by Crippen LogP contribution is 2.31. The van der Waals surface area contributed by atoms with E-state index in [1.807, 2.05) is 13.8 Å². The Morgan fingerprint density at radius 1 is 1.08 bits per heavy atom. The van der Waals surface area contributed by atoms with E-state index in [1.165, 1.54) is 36.8 Å². The average Bonchev–Trinajstić information content (AvgIpc) is 3.02. The van der Waals surface area contributed by atoms with Crippen LogP contribution in [-0.2, 0) is 0 Å². The molecule has 2 aromatic rings. The van der Waals surface area contributed by atoms with E-state index in [0.29, 0.717) is 0 Å². The summed E-state index contributed by atoms with van der Waals surface area (Å²) in [6.45, 7) is 3.86. The Bertz CT molecular complexity index is 839. The third-order valence-electron chi connectivity index (χ3n) is 4.23. The van der Waals surface area contributed by atoms with Crippen LogP contribution in [-0.4, -0.2) is 16.7 Å². The first-order valence-corrected chi connectivity index (χ1v) is 9.27. The van der Waals surface area contributed by atoms with Crippen LogP contribution in [0.3, 0.4) is 0 Å². The summed E-state index contributed by atoms with van der Waals surface area (Å²) in [5.41, 5.74) is 16.3. The number of benzene rings is 1. The molecule has 3 rings (SSSR count). The van der Waals surface area contributed by atoms with Gasteiger partial charge in [0.2, 0.25) is 5.96 Å². The number of allylic oxidation sites excluding steroid dienone is 2. The van der Waals surface area contributed by atoms with Gasteiger partial charge in [0.05, 0.1) is 16.3 Å². The average molecular weight is 353 g/mol. The molecule has 0 atom stereocenters. The summed E-state index contributed by atoms with van der Waals surface area (Å²) in [6, 6.07) is 8.69. The van der Waals surface area contributed by atoms with Crippen LogP contribution >= 0.6 is 11.3 Å². The molecular weight excluding hydrogens is 330 g/mol. The number of thiazole rings is 1. The van der Waals surface area contributed by atoms with Gasteiger partial charge in [-0.2, -0.15) is 5.10 Å². The molecule has 0 amide bonds. The van der Waals surface area contributed by atoms with Crippen molar-refractivity contribution in [1.82, 2.24) is 4.98 Å². The van der Waals surface area contributed by atoms with E-state index in [9.17, 15) is 0 Å². The molecule has 25 heavy (non-hydrogen) atoms. The second-order valence-electron chi connectivity index (χ2n) is 6.20. The van der Waals surface area contributed by atoms with E-state index < -0.39 is 0 Å². The van der Waals surface area contributed by atoms with Gasteiger partial charge in [-0.1, -0.05) is 30.3 Å². The van der Waals surface area contributed by atoms with Crippen molar-refractivity contribution in [1.29, 1.82) is 0 Å². The van der Waals surface area contributed by atoms with Crippen LogP contribution in [0.5, 0.6) is 0 Å². The summed E-state index contributed by atoms with van der Waals surface area (Å²) >= 11 is 1.61. The Kier molecular flexibility index (Phi) is 5.28. The number of hydrogen-bond acceptors (Lipinski definition) is 4. The van der Waals surface area contributed by atoms with Crippen molar-refractivity contribution in [2.24, 2.45) is 21.7 Å². The zero-order chi connectivity index (χ0) is 17.8. The Labute approximate surface area is 152 Å². The number of aromatic nitrogens is 1.